The molecule has 4 rings (SSSR count). The Morgan fingerprint density at radius 1 is 1.18 bits per heavy atom. The number of ether oxygens (including phenoxy) is 3. The summed E-state index contributed by atoms with van der Waals surface area (Å²) in [7, 11) is 1.75. The van der Waals surface area contributed by atoms with Gasteiger partial charge in [0.05, 0.1) is 6.20 Å². The molecule has 3 heterocycles. The Morgan fingerprint density at radius 3 is 2.61 bits per heavy atom. The summed E-state index contributed by atoms with van der Waals surface area (Å²) in [6.45, 7) is 4.71. The molecule has 2 aliphatic rings. The van der Waals surface area contributed by atoms with Crippen molar-refractivity contribution in [3.8, 4) is 6.01 Å². The highest BCUT2D eigenvalue weighted by Gasteiger charge is 2.26. The van der Waals surface area contributed by atoms with Crippen LogP contribution in [0, 0.1) is 5.92 Å². The zero-order chi connectivity index (χ0) is 19.5. The molecule has 154 valence electrons. The number of hydrogen-bond donors (Lipinski definition) is 0. The summed E-state index contributed by atoms with van der Waals surface area (Å²) < 4.78 is 20.3. The Morgan fingerprint density at radius 2 is 1.93 bits per heavy atom. The smallest absolute Gasteiger partial charge is 0.317 e. The van der Waals surface area contributed by atoms with Crippen molar-refractivity contribution in [3.63, 3.8) is 0 Å². The van der Waals surface area contributed by atoms with Gasteiger partial charge in [0.25, 0.3) is 5.56 Å². The third kappa shape index (κ3) is 3.80. The average molecular weight is 390 g/mol. The van der Waals surface area contributed by atoms with Crippen LogP contribution in [-0.4, -0.2) is 52.2 Å². The van der Waals surface area contributed by atoms with Gasteiger partial charge in [-0.3, -0.25) is 9.36 Å². The van der Waals surface area contributed by atoms with Gasteiger partial charge >= 0.3 is 6.01 Å². The van der Waals surface area contributed by atoms with Crippen LogP contribution in [0.2, 0.25) is 0 Å². The fraction of sp³-hybridized carbons (Fsp3) is 0.750. The molecule has 2 aromatic rings. The Labute approximate surface area is 164 Å². The van der Waals surface area contributed by atoms with E-state index < -0.39 is 0 Å². The van der Waals surface area contributed by atoms with Crippen molar-refractivity contribution in [1.82, 2.24) is 19.2 Å². The van der Waals surface area contributed by atoms with Crippen molar-refractivity contribution in [2.75, 3.05) is 26.9 Å². The van der Waals surface area contributed by atoms with Crippen molar-refractivity contribution in [2.45, 2.75) is 64.0 Å². The van der Waals surface area contributed by atoms with Gasteiger partial charge in [0, 0.05) is 39.4 Å². The zero-order valence-electron chi connectivity index (χ0n) is 16.8. The zero-order valence-corrected chi connectivity index (χ0v) is 16.8. The summed E-state index contributed by atoms with van der Waals surface area (Å²) in [4.78, 5) is 17.5. The molecule has 28 heavy (non-hydrogen) atoms. The van der Waals surface area contributed by atoms with Crippen LogP contribution in [0.5, 0.6) is 6.01 Å². The Balaban J connectivity index is 1.61. The molecule has 0 radical (unpaired) electrons. The van der Waals surface area contributed by atoms with Gasteiger partial charge in [0.15, 0.2) is 5.52 Å². The molecule has 2 fully saturated rings. The van der Waals surface area contributed by atoms with Crippen molar-refractivity contribution in [2.24, 2.45) is 5.92 Å². The van der Waals surface area contributed by atoms with E-state index >= 15 is 0 Å². The van der Waals surface area contributed by atoms with Crippen LogP contribution < -0.4 is 10.3 Å². The van der Waals surface area contributed by atoms with E-state index in [1.54, 1.807) is 22.4 Å². The molecule has 0 aromatic carbocycles. The molecule has 1 aliphatic carbocycles. The molecule has 0 spiro atoms. The highest BCUT2D eigenvalue weighted by Crippen LogP contribution is 2.28. The quantitative estimate of drug-likeness (QED) is 0.753. The maximum atomic E-state index is 13.0. The minimum atomic E-state index is -0.0913. The molecule has 1 saturated heterocycles. The van der Waals surface area contributed by atoms with E-state index in [1.807, 2.05) is 6.92 Å². The van der Waals surface area contributed by atoms with Crippen molar-refractivity contribution < 1.29 is 14.2 Å². The number of methoxy groups -OCH3 is 1. The minimum Gasteiger partial charge on any atom is -0.460 e. The third-order valence-electron chi connectivity index (χ3n) is 6.02. The van der Waals surface area contributed by atoms with E-state index in [-0.39, 0.29) is 17.6 Å². The van der Waals surface area contributed by atoms with Gasteiger partial charge in [-0.25, -0.2) is 9.50 Å². The second kappa shape index (κ2) is 8.61. The van der Waals surface area contributed by atoms with E-state index in [2.05, 4.69) is 4.98 Å². The van der Waals surface area contributed by atoms with Gasteiger partial charge in [-0.05, 0) is 51.4 Å². The largest absolute Gasteiger partial charge is 0.460 e. The van der Waals surface area contributed by atoms with Gasteiger partial charge in [-0.2, -0.15) is 0 Å². The molecular formula is C20H30N4O4. The highest BCUT2D eigenvalue weighted by atomic mass is 16.5. The molecule has 0 N–H and O–H groups in total. The molecule has 0 bridgehead atoms. The van der Waals surface area contributed by atoms with Crippen LogP contribution in [0.3, 0.4) is 0 Å². The first-order chi connectivity index (χ1) is 13.7. The standard InChI is InChI=1S/C20H30N4O4/c1-3-23-19(25)17-12-21-18(15-8-10-27-11-9-15)24(17)22-20(23)28-16-6-4-14(5-7-16)13-26-2/h12,14-16H,3-11,13H2,1-2H3. The minimum absolute atomic E-state index is 0.0882. The highest BCUT2D eigenvalue weighted by molar-refractivity contribution is 5.43. The van der Waals surface area contributed by atoms with Gasteiger partial charge in [-0.15, -0.1) is 5.10 Å². The van der Waals surface area contributed by atoms with E-state index in [0.29, 0.717) is 24.0 Å². The lowest BCUT2D eigenvalue weighted by atomic mass is 9.88. The second-order valence-corrected chi connectivity index (χ2v) is 7.85. The van der Waals surface area contributed by atoms with Gasteiger partial charge in [0.1, 0.15) is 11.9 Å². The first-order valence-electron chi connectivity index (χ1n) is 10.4. The maximum Gasteiger partial charge on any atom is 0.317 e. The summed E-state index contributed by atoms with van der Waals surface area (Å²) in [5.41, 5.74) is 0.422. The predicted molar refractivity (Wildman–Crippen MR) is 104 cm³/mol. The number of aromatic nitrogens is 4. The van der Waals surface area contributed by atoms with E-state index in [9.17, 15) is 4.79 Å². The topological polar surface area (TPSA) is 79.9 Å². The molecule has 0 unspecified atom stereocenters. The fourth-order valence-corrected chi connectivity index (χ4v) is 4.38. The van der Waals surface area contributed by atoms with Crippen LogP contribution in [-0.2, 0) is 16.0 Å². The number of hydrogen-bond acceptors (Lipinski definition) is 6. The fourth-order valence-electron chi connectivity index (χ4n) is 4.38. The van der Waals surface area contributed by atoms with E-state index in [4.69, 9.17) is 19.3 Å². The molecule has 1 aliphatic heterocycles. The first-order valence-corrected chi connectivity index (χ1v) is 10.4. The Bertz CT molecular complexity index is 848. The monoisotopic (exact) mass is 390 g/mol. The molecule has 0 amide bonds. The Kier molecular flexibility index (Phi) is 5.96. The van der Waals surface area contributed by atoms with Gasteiger partial charge < -0.3 is 14.2 Å². The third-order valence-corrected chi connectivity index (χ3v) is 6.02. The van der Waals surface area contributed by atoms with Crippen LogP contribution >= 0.6 is 0 Å². The predicted octanol–water partition coefficient (Wildman–Crippen LogP) is 2.39. The van der Waals surface area contributed by atoms with Crippen LogP contribution in [0.1, 0.15) is 57.2 Å². The normalized spacial score (nSPS) is 23.9. The van der Waals surface area contributed by atoms with Crippen LogP contribution in [0.25, 0.3) is 5.52 Å². The SMILES string of the molecule is CCn1c(OC2CCC(COC)CC2)nn2c(C3CCOCC3)ncc2c1=O. The van der Waals surface area contributed by atoms with Crippen LogP contribution in [0.4, 0.5) is 0 Å². The summed E-state index contributed by atoms with van der Waals surface area (Å²) >= 11 is 0. The van der Waals surface area contributed by atoms with Crippen molar-refractivity contribution in [1.29, 1.82) is 0 Å². The van der Waals surface area contributed by atoms with Gasteiger partial charge in [0.2, 0.25) is 0 Å². The molecular weight excluding hydrogens is 360 g/mol. The lowest BCUT2D eigenvalue weighted by molar-refractivity contribution is 0.0744. The molecule has 8 heteroatoms. The summed E-state index contributed by atoms with van der Waals surface area (Å²) in [6, 6.07) is 0.404. The maximum absolute atomic E-state index is 13.0. The van der Waals surface area contributed by atoms with Crippen molar-refractivity contribution in [3.05, 3.63) is 22.4 Å². The van der Waals surface area contributed by atoms with E-state index in [0.717, 1.165) is 64.2 Å². The summed E-state index contributed by atoms with van der Waals surface area (Å²) in [6.07, 6.45) is 7.61. The first kappa shape index (κ1) is 19.4. The average Bonchev–Trinajstić information content (AvgIpc) is 3.15. The molecule has 0 atom stereocenters. The molecule has 2 aromatic heterocycles. The number of imidazole rings is 1. The molecule has 8 nitrogen and oxygen atoms in total. The van der Waals surface area contributed by atoms with Crippen LogP contribution in [0.15, 0.2) is 11.0 Å². The summed E-state index contributed by atoms with van der Waals surface area (Å²) in [5.74, 6) is 1.70. The lowest BCUT2D eigenvalue weighted by Gasteiger charge is -2.28. The Hall–Kier alpha value is -1.93. The second-order valence-electron chi connectivity index (χ2n) is 7.85. The van der Waals surface area contributed by atoms with E-state index in [1.165, 1.54) is 0 Å². The number of fused-ring (bicyclic) bond motifs is 1. The number of nitrogens with zero attached hydrogens (tertiary/aromatic N) is 4. The van der Waals surface area contributed by atoms with Gasteiger partial charge in [-0.1, -0.05) is 0 Å². The van der Waals surface area contributed by atoms with Crippen molar-refractivity contribution >= 4 is 5.52 Å². The molecule has 1 saturated carbocycles. The lowest BCUT2D eigenvalue weighted by Crippen LogP contribution is -2.31. The summed E-state index contributed by atoms with van der Waals surface area (Å²) in [5, 5.41) is 4.72. The number of rotatable bonds is 6.